The van der Waals surface area contributed by atoms with Crippen LogP contribution in [0.15, 0.2) is 48.7 Å². The molecule has 1 N–H and O–H groups in total. The first kappa shape index (κ1) is 15.3. The van der Waals surface area contributed by atoms with Gasteiger partial charge < -0.3 is 5.32 Å². The molecule has 0 amide bonds. The summed E-state index contributed by atoms with van der Waals surface area (Å²) >= 11 is 6.06. The Hall–Kier alpha value is -2.06. The zero-order chi connectivity index (χ0) is 15.4. The molecule has 0 spiro atoms. The van der Waals surface area contributed by atoms with Crippen molar-refractivity contribution >= 4 is 23.1 Å². The van der Waals surface area contributed by atoms with Gasteiger partial charge in [-0.3, -0.25) is 4.79 Å². The first-order valence-electron chi connectivity index (χ1n) is 6.78. The molecule has 2 aromatic carbocycles. The van der Waals surface area contributed by atoms with Crippen molar-refractivity contribution in [1.29, 1.82) is 0 Å². The van der Waals surface area contributed by atoms with Gasteiger partial charge >= 0.3 is 0 Å². The van der Waals surface area contributed by atoms with Gasteiger partial charge in [-0.2, -0.15) is 0 Å². The maximum absolute atomic E-state index is 12.2. The molecule has 21 heavy (non-hydrogen) atoms. The average Bonchev–Trinajstić information content (AvgIpc) is 2.45. The Kier molecular flexibility index (Phi) is 4.81. The Morgan fingerprint density at radius 1 is 1.05 bits per heavy atom. The van der Waals surface area contributed by atoms with Crippen LogP contribution in [0.1, 0.15) is 27.0 Å². The standard InChI is InChI=1S/C18H18ClNO/c1-12-4-5-13(2)16(10-12)18(21)8-9-20-15-7-6-14(3)17(19)11-15/h4-11,20H,1-3H3. The SMILES string of the molecule is Cc1ccc(C)c(C(=O)C=CNc2ccc(C)c(Cl)c2)c1. The number of hydrogen-bond acceptors (Lipinski definition) is 2. The number of benzene rings is 2. The third-order valence-electron chi connectivity index (χ3n) is 3.32. The number of carbonyl (C=O) groups excluding carboxylic acids is 1. The molecule has 0 unspecified atom stereocenters. The lowest BCUT2D eigenvalue weighted by atomic mass is 10.0. The number of hydrogen-bond donors (Lipinski definition) is 1. The zero-order valence-electron chi connectivity index (χ0n) is 12.4. The summed E-state index contributed by atoms with van der Waals surface area (Å²) in [5.41, 5.74) is 4.67. The number of ketones is 1. The lowest BCUT2D eigenvalue weighted by Crippen LogP contribution is -2.00. The van der Waals surface area contributed by atoms with Crippen LogP contribution in [0.4, 0.5) is 5.69 Å². The smallest absolute Gasteiger partial charge is 0.187 e. The fraction of sp³-hybridized carbons (Fsp3) is 0.167. The minimum atomic E-state index is -0.0121. The van der Waals surface area contributed by atoms with Gasteiger partial charge in [-0.1, -0.05) is 35.4 Å². The predicted octanol–water partition coefficient (Wildman–Crippen LogP) is 5.07. The highest BCUT2D eigenvalue weighted by Crippen LogP contribution is 2.20. The van der Waals surface area contributed by atoms with Crippen molar-refractivity contribution < 1.29 is 4.79 Å². The number of aryl methyl sites for hydroxylation is 3. The molecule has 0 aliphatic heterocycles. The lowest BCUT2D eigenvalue weighted by Gasteiger charge is -2.05. The summed E-state index contributed by atoms with van der Waals surface area (Å²) in [4.78, 5) is 12.2. The van der Waals surface area contributed by atoms with E-state index in [4.69, 9.17) is 11.6 Å². The monoisotopic (exact) mass is 299 g/mol. The van der Waals surface area contributed by atoms with Crippen LogP contribution in [0.2, 0.25) is 5.02 Å². The largest absolute Gasteiger partial charge is 0.362 e. The third kappa shape index (κ3) is 3.96. The molecule has 2 nitrogen and oxygen atoms in total. The van der Waals surface area contributed by atoms with Crippen LogP contribution in [-0.2, 0) is 0 Å². The summed E-state index contributed by atoms with van der Waals surface area (Å²) in [6.07, 6.45) is 3.18. The van der Waals surface area contributed by atoms with E-state index in [1.165, 1.54) is 6.08 Å². The minimum Gasteiger partial charge on any atom is -0.362 e. The Balaban J connectivity index is 2.08. The van der Waals surface area contributed by atoms with Gasteiger partial charge in [-0.05, 0) is 50.1 Å². The van der Waals surface area contributed by atoms with Crippen LogP contribution in [0.3, 0.4) is 0 Å². The fourth-order valence-corrected chi connectivity index (χ4v) is 2.17. The molecule has 0 saturated carbocycles. The van der Waals surface area contributed by atoms with Crippen LogP contribution in [0.5, 0.6) is 0 Å². The molecule has 0 aromatic heterocycles. The topological polar surface area (TPSA) is 29.1 Å². The predicted molar refractivity (Wildman–Crippen MR) is 89.2 cm³/mol. The number of rotatable bonds is 4. The Bertz CT molecular complexity index is 704. The molecule has 108 valence electrons. The Labute approximate surface area is 130 Å². The summed E-state index contributed by atoms with van der Waals surface area (Å²) in [7, 11) is 0. The second kappa shape index (κ2) is 6.59. The highest BCUT2D eigenvalue weighted by atomic mass is 35.5. The van der Waals surface area contributed by atoms with Crippen molar-refractivity contribution in [2.45, 2.75) is 20.8 Å². The second-order valence-corrected chi connectivity index (χ2v) is 5.53. The molecular weight excluding hydrogens is 282 g/mol. The van der Waals surface area contributed by atoms with Gasteiger partial charge in [0.2, 0.25) is 0 Å². The van der Waals surface area contributed by atoms with E-state index < -0.39 is 0 Å². The fourth-order valence-electron chi connectivity index (χ4n) is 1.99. The number of halogens is 1. The van der Waals surface area contributed by atoms with E-state index in [9.17, 15) is 4.79 Å². The van der Waals surface area contributed by atoms with Crippen LogP contribution in [-0.4, -0.2) is 5.78 Å². The number of nitrogens with one attached hydrogen (secondary N) is 1. The molecule has 2 rings (SSSR count). The quantitative estimate of drug-likeness (QED) is 0.630. The van der Waals surface area contributed by atoms with Crippen LogP contribution in [0, 0.1) is 20.8 Å². The molecule has 2 aromatic rings. The zero-order valence-corrected chi connectivity index (χ0v) is 13.2. The van der Waals surface area contributed by atoms with E-state index in [2.05, 4.69) is 5.32 Å². The molecule has 0 radical (unpaired) electrons. The van der Waals surface area contributed by atoms with Gasteiger partial charge in [-0.25, -0.2) is 0 Å². The van der Waals surface area contributed by atoms with Crippen molar-refractivity contribution in [1.82, 2.24) is 0 Å². The third-order valence-corrected chi connectivity index (χ3v) is 3.72. The summed E-state index contributed by atoms with van der Waals surface area (Å²) < 4.78 is 0. The molecule has 0 bridgehead atoms. The van der Waals surface area contributed by atoms with E-state index in [1.807, 2.05) is 57.2 Å². The average molecular weight is 300 g/mol. The Morgan fingerprint density at radius 3 is 2.48 bits per heavy atom. The summed E-state index contributed by atoms with van der Waals surface area (Å²) in [6, 6.07) is 11.6. The van der Waals surface area contributed by atoms with Gasteiger partial charge in [0.25, 0.3) is 0 Å². The van der Waals surface area contributed by atoms with Gasteiger partial charge in [0.05, 0.1) is 0 Å². The van der Waals surface area contributed by atoms with Gasteiger partial charge in [0.15, 0.2) is 5.78 Å². The number of anilines is 1. The molecule has 3 heteroatoms. The first-order valence-corrected chi connectivity index (χ1v) is 7.16. The summed E-state index contributed by atoms with van der Waals surface area (Å²) in [6.45, 7) is 5.87. The molecule has 0 heterocycles. The highest BCUT2D eigenvalue weighted by Gasteiger charge is 2.05. The van der Waals surface area contributed by atoms with E-state index in [0.717, 1.165) is 27.9 Å². The van der Waals surface area contributed by atoms with Crippen molar-refractivity contribution in [3.8, 4) is 0 Å². The van der Waals surface area contributed by atoms with Gasteiger partial charge in [-0.15, -0.1) is 0 Å². The highest BCUT2D eigenvalue weighted by molar-refractivity contribution is 6.31. The van der Waals surface area contributed by atoms with Gasteiger partial charge in [0, 0.05) is 28.5 Å². The molecule has 0 aliphatic rings. The van der Waals surface area contributed by atoms with E-state index in [1.54, 1.807) is 6.20 Å². The van der Waals surface area contributed by atoms with E-state index >= 15 is 0 Å². The molecular formula is C18H18ClNO. The van der Waals surface area contributed by atoms with Crippen molar-refractivity contribution in [2.75, 3.05) is 5.32 Å². The second-order valence-electron chi connectivity index (χ2n) is 5.12. The number of carbonyl (C=O) groups is 1. The maximum atomic E-state index is 12.2. The van der Waals surface area contributed by atoms with E-state index in [-0.39, 0.29) is 5.78 Å². The Morgan fingerprint density at radius 2 is 1.76 bits per heavy atom. The molecule has 0 atom stereocenters. The van der Waals surface area contributed by atoms with Crippen LogP contribution in [0.25, 0.3) is 0 Å². The molecule has 0 saturated heterocycles. The summed E-state index contributed by atoms with van der Waals surface area (Å²) in [5, 5.41) is 3.76. The molecule has 0 fully saturated rings. The van der Waals surface area contributed by atoms with Gasteiger partial charge in [0.1, 0.15) is 0 Å². The summed E-state index contributed by atoms with van der Waals surface area (Å²) in [5.74, 6) is -0.0121. The van der Waals surface area contributed by atoms with Crippen LogP contribution < -0.4 is 5.32 Å². The van der Waals surface area contributed by atoms with E-state index in [0.29, 0.717) is 5.02 Å². The first-order chi connectivity index (χ1) is 9.97. The van der Waals surface area contributed by atoms with Crippen molar-refractivity contribution in [2.24, 2.45) is 0 Å². The number of allylic oxidation sites excluding steroid dienone is 1. The van der Waals surface area contributed by atoms with Crippen LogP contribution >= 0.6 is 11.6 Å². The maximum Gasteiger partial charge on any atom is 0.187 e. The lowest BCUT2D eigenvalue weighted by molar-refractivity contribution is 0.104. The molecule has 0 aliphatic carbocycles. The van der Waals surface area contributed by atoms with Crippen molar-refractivity contribution in [3.05, 3.63) is 76.0 Å². The normalized spacial score (nSPS) is 10.9. The van der Waals surface area contributed by atoms with Crippen molar-refractivity contribution in [3.63, 3.8) is 0 Å². The minimum absolute atomic E-state index is 0.0121.